The van der Waals surface area contributed by atoms with Gasteiger partial charge in [0.1, 0.15) is 0 Å². The molecular weight excluding hydrogens is 240 g/mol. The monoisotopic (exact) mass is 272 g/mol. The van der Waals surface area contributed by atoms with Gasteiger partial charge in [0.15, 0.2) is 0 Å². The highest BCUT2D eigenvalue weighted by Gasteiger charge is 2.38. The van der Waals surface area contributed by atoms with E-state index in [1.54, 1.807) is 0 Å². The Bertz CT molecular complexity index is 197. The van der Waals surface area contributed by atoms with Crippen molar-refractivity contribution in [1.29, 1.82) is 0 Å². The molecular formula is C15H32O2Si. The van der Waals surface area contributed by atoms with Crippen LogP contribution < -0.4 is 0 Å². The molecule has 0 saturated heterocycles. The lowest BCUT2D eigenvalue weighted by Gasteiger charge is -2.36. The van der Waals surface area contributed by atoms with Crippen molar-refractivity contribution in [2.45, 2.75) is 90.3 Å². The molecule has 1 fully saturated rings. The summed E-state index contributed by atoms with van der Waals surface area (Å²) in [5.74, 6) is 0. The van der Waals surface area contributed by atoms with Gasteiger partial charge in [-0.1, -0.05) is 52.9 Å². The summed E-state index contributed by atoms with van der Waals surface area (Å²) in [6.45, 7) is 7.60. The van der Waals surface area contributed by atoms with E-state index in [-0.39, 0.29) is 0 Å². The summed E-state index contributed by atoms with van der Waals surface area (Å²) in [7, 11) is -1.90. The van der Waals surface area contributed by atoms with Gasteiger partial charge in [0.05, 0.1) is 0 Å². The van der Waals surface area contributed by atoms with Crippen LogP contribution in [0.3, 0.4) is 0 Å². The van der Waals surface area contributed by atoms with E-state index in [1.807, 2.05) is 0 Å². The standard InChI is InChI=1S/C15H32O2Si/c1-4-12-16-18(13-5-2,14-6-3)17-15-10-8-7-9-11-15/h15H,4-14H2,1-3H3. The lowest BCUT2D eigenvalue weighted by Crippen LogP contribution is -2.45. The lowest BCUT2D eigenvalue weighted by molar-refractivity contribution is 0.0850. The predicted molar refractivity (Wildman–Crippen MR) is 80.2 cm³/mol. The molecule has 18 heavy (non-hydrogen) atoms. The zero-order chi connectivity index (χ0) is 13.3. The summed E-state index contributed by atoms with van der Waals surface area (Å²) in [4.78, 5) is 0. The average molecular weight is 273 g/mol. The largest absolute Gasteiger partial charge is 0.394 e. The van der Waals surface area contributed by atoms with Crippen molar-refractivity contribution in [3.8, 4) is 0 Å². The summed E-state index contributed by atoms with van der Waals surface area (Å²) in [6, 6.07) is 2.36. The molecule has 0 N–H and O–H groups in total. The number of hydrogen-bond donors (Lipinski definition) is 0. The lowest BCUT2D eigenvalue weighted by atomic mass is 9.98. The first-order chi connectivity index (χ1) is 8.76. The van der Waals surface area contributed by atoms with Crippen LogP contribution in [-0.4, -0.2) is 21.3 Å². The Morgan fingerprint density at radius 3 is 2.00 bits per heavy atom. The third-order valence-corrected chi connectivity index (χ3v) is 7.78. The van der Waals surface area contributed by atoms with Gasteiger partial charge in [0, 0.05) is 12.7 Å². The Hall–Kier alpha value is 0.137. The van der Waals surface area contributed by atoms with Crippen molar-refractivity contribution in [2.75, 3.05) is 6.61 Å². The summed E-state index contributed by atoms with van der Waals surface area (Å²) >= 11 is 0. The predicted octanol–water partition coefficient (Wildman–Crippen LogP) is 5.02. The highest BCUT2D eigenvalue weighted by Crippen LogP contribution is 2.30. The fourth-order valence-electron chi connectivity index (χ4n) is 2.96. The van der Waals surface area contributed by atoms with Gasteiger partial charge in [-0.05, 0) is 31.4 Å². The smallest absolute Gasteiger partial charge is 0.338 e. The molecule has 0 aromatic rings. The molecule has 108 valence electrons. The van der Waals surface area contributed by atoms with Crippen molar-refractivity contribution in [3.63, 3.8) is 0 Å². The molecule has 3 heteroatoms. The minimum absolute atomic E-state index is 0.500. The summed E-state index contributed by atoms with van der Waals surface area (Å²) in [5.41, 5.74) is 0. The van der Waals surface area contributed by atoms with E-state index in [0.717, 1.165) is 13.0 Å². The maximum absolute atomic E-state index is 6.58. The van der Waals surface area contributed by atoms with Gasteiger partial charge >= 0.3 is 8.56 Å². The van der Waals surface area contributed by atoms with Crippen LogP contribution in [0.4, 0.5) is 0 Å². The molecule has 0 amide bonds. The van der Waals surface area contributed by atoms with Crippen molar-refractivity contribution in [3.05, 3.63) is 0 Å². The number of rotatable bonds is 9. The van der Waals surface area contributed by atoms with Crippen LogP contribution in [0.15, 0.2) is 0 Å². The quantitative estimate of drug-likeness (QED) is 0.548. The van der Waals surface area contributed by atoms with Gasteiger partial charge in [-0.15, -0.1) is 0 Å². The first-order valence-corrected chi connectivity index (χ1v) is 10.3. The molecule has 0 aromatic carbocycles. The van der Waals surface area contributed by atoms with Crippen LogP contribution in [-0.2, 0) is 8.85 Å². The van der Waals surface area contributed by atoms with Crippen LogP contribution in [0, 0.1) is 0 Å². The minimum atomic E-state index is -1.90. The van der Waals surface area contributed by atoms with E-state index in [0.29, 0.717) is 6.10 Å². The minimum Gasteiger partial charge on any atom is -0.394 e. The van der Waals surface area contributed by atoms with Gasteiger partial charge in [0.2, 0.25) is 0 Å². The fourth-order valence-corrected chi connectivity index (χ4v) is 6.74. The van der Waals surface area contributed by atoms with Crippen LogP contribution in [0.5, 0.6) is 0 Å². The average Bonchev–Trinajstić information content (AvgIpc) is 2.38. The van der Waals surface area contributed by atoms with Gasteiger partial charge in [-0.25, -0.2) is 0 Å². The molecule has 2 nitrogen and oxygen atoms in total. The van der Waals surface area contributed by atoms with Crippen LogP contribution in [0.2, 0.25) is 12.1 Å². The van der Waals surface area contributed by atoms with E-state index < -0.39 is 8.56 Å². The van der Waals surface area contributed by atoms with E-state index >= 15 is 0 Å². The Balaban J connectivity index is 2.58. The molecule has 0 radical (unpaired) electrons. The number of hydrogen-bond acceptors (Lipinski definition) is 2. The summed E-state index contributed by atoms with van der Waals surface area (Å²) in [5, 5.41) is 0. The molecule has 1 aliphatic rings. The van der Waals surface area contributed by atoms with Crippen LogP contribution in [0.25, 0.3) is 0 Å². The van der Waals surface area contributed by atoms with E-state index in [1.165, 1.54) is 57.0 Å². The van der Waals surface area contributed by atoms with E-state index in [4.69, 9.17) is 8.85 Å². The molecule has 0 unspecified atom stereocenters. The Labute approximate surface area is 115 Å². The molecule has 0 aromatic heterocycles. The normalized spacial score (nSPS) is 18.2. The zero-order valence-electron chi connectivity index (χ0n) is 12.7. The Kier molecular flexibility index (Phi) is 8.19. The van der Waals surface area contributed by atoms with Gasteiger partial charge in [-0.2, -0.15) is 0 Å². The van der Waals surface area contributed by atoms with Crippen LogP contribution in [0.1, 0.15) is 72.1 Å². The highest BCUT2D eigenvalue weighted by molar-refractivity contribution is 6.67. The van der Waals surface area contributed by atoms with Crippen LogP contribution >= 0.6 is 0 Å². The molecule has 0 bridgehead atoms. The SMILES string of the molecule is CCCO[Si](CCC)(CCC)OC1CCCCC1. The highest BCUT2D eigenvalue weighted by atomic mass is 28.4. The van der Waals surface area contributed by atoms with E-state index in [2.05, 4.69) is 20.8 Å². The zero-order valence-corrected chi connectivity index (χ0v) is 13.7. The van der Waals surface area contributed by atoms with Gasteiger partial charge in [0.25, 0.3) is 0 Å². The third kappa shape index (κ3) is 5.41. The van der Waals surface area contributed by atoms with Crippen molar-refractivity contribution >= 4 is 8.56 Å². The van der Waals surface area contributed by atoms with Crippen molar-refractivity contribution in [1.82, 2.24) is 0 Å². The summed E-state index contributed by atoms with van der Waals surface area (Å²) in [6.07, 6.45) is 10.6. The van der Waals surface area contributed by atoms with Crippen molar-refractivity contribution < 1.29 is 8.85 Å². The molecule has 1 rings (SSSR count). The van der Waals surface area contributed by atoms with Crippen molar-refractivity contribution in [2.24, 2.45) is 0 Å². The Morgan fingerprint density at radius 2 is 1.50 bits per heavy atom. The molecule has 0 spiro atoms. The Morgan fingerprint density at radius 1 is 0.889 bits per heavy atom. The molecule has 0 atom stereocenters. The first kappa shape index (κ1) is 16.2. The molecule has 1 aliphatic carbocycles. The topological polar surface area (TPSA) is 18.5 Å². The van der Waals surface area contributed by atoms with E-state index in [9.17, 15) is 0 Å². The second kappa shape index (κ2) is 9.11. The summed E-state index contributed by atoms with van der Waals surface area (Å²) < 4.78 is 12.9. The molecule has 0 heterocycles. The second-order valence-electron chi connectivity index (χ2n) is 5.64. The fraction of sp³-hybridized carbons (Fsp3) is 1.00. The maximum Gasteiger partial charge on any atom is 0.338 e. The van der Waals surface area contributed by atoms with Gasteiger partial charge in [-0.3, -0.25) is 0 Å². The molecule has 0 aliphatic heterocycles. The third-order valence-electron chi connectivity index (χ3n) is 3.76. The molecule has 1 saturated carbocycles. The maximum atomic E-state index is 6.58. The second-order valence-corrected chi connectivity index (χ2v) is 8.98. The first-order valence-electron chi connectivity index (χ1n) is 8.08. The van der Waals surface area contributed by atoms with Gasteiger partial charge < -0.3 is 8.85 Å².